The van der Waals surface area contributed by atoms with Crippen molar-refractivity contribution in [3.05, 3.63) is 30.1 Å². The molecular weight excluding hydrogens is 277 g/mol. The molecule has 0 saturated heterocycles. The highest BCUT2D eigenvalue weighted by atomic mass is 19.1. The molecule has 0 saturated carbocycles. The van der Waals surface area contributed by atoms with Gasteiger partial charge in [-0.3, -0.25) is 4.79 Å². The molecule has 0 aromatic heterocycles. The number of amides is 1. The molecule has 0 aliphatic carbocycles. The van der Waals surface area contributed by atoms with E-state index in [4.69, 9.17) is 9.47 Å². The van der Waals surface area contributed by atoms with Gasteiger partial charge in [-0.25, -0.2) is 9.18 Å². The quantitative estimate of drug-likeness (QED) is 0.782. The van der Waals surface area contributed by atoms with Crippen molar-refractivity contribution in [3.8, 4) is 5.75 Å². The van der Waals surface area contributed by atoms with Crippen molar-refractivity contribution in [1.29, 1.82) is 0 Å². The van der Waals surface area contributed by atoms with E-state index in [0.717, 1.165) is 6.42 Å². The van der Waals surface area contributed by atoms with Gasteiger partial charge in [0.25, 0.3) is 5.91 Å². The van der Waals surface area contributed by atoms with Crippen molar-refractivity contribution in [2.75, 3.05) is 13.2 Å². The van der Waals surface area contributed by atoms with Crippen LogP contribution in [0.1, 0.15) is 27.2 Å². The number of hydrogen-bond donors (Lipinski definition) is 1. The Morgan fingerprint density at radius 1 is 1.19 bits per heavy atom. The highest BCUT2D eigenvalue weighted by molar-refractivity contribution is 5.81. The van der Waals surface area contributed by atoms with Gasteiger partial charge in [-0.1, -0.05) is 6.92 Å². The molecule has 1 aromatic rings. The first-order chi connectivity index (χ1) is 9.82. The Hall–Kier alpha value is -2.11. The molecule has 1 N–H and O–H groups in total. The fourth-order valence-corrected chi connectivity index (χ4v) is 1.36. The van der Waals surface area contributed by atoms with Crippen LogP contribution < -0.4 is 10.1 Å². The van der Waals surface area contributed by atoms with E-state index in [-0.39, 0.29) is 30.5 Å². The van der Waals surface area contributed by atoms with Crippen molar-refractivity contribution in [2.45, 2.75) is 32.7 Å². The Morgan fingerprint density at radius 2 is 1.81 bits per heavy atom. The van der Waals surface area contributed by atoms with E-state index in [1.807, 2.05) is 20.8 Å². The number of nitrogens with one attached hydrogen (secondary N) is 1. The first kappa shape index (κ1) is 16.9. The van der Waals surface area contributed by atoms with E-state index >= 15 is 0 Å². The van der Waals surface area contributed by atoms with Crippen molar-refractivity contribution < 1.29 is 23.5 Å². The summed E-state index contributed by atoms with van der Waals surface area (Å²) in [5, 5.41) is 2.74. The molecule has 0 atom stereocenters. The molecule has 0 aliphatic rings. The van der Waals surface area contributed by atoms with Crippen LogP contribution in [0.15, 0.2) is 24.3 Å². The van der Waals surface area contributed by atoms with Gasteiger partial charge in [0.05, 0.1) is 0 Å². The number of rotatable bonds is 7. The normalized spacial score (nSPS) is 10.9. The monoisotopic (exact) mass is 297 g/mol. The standard InChI is InChI=1S/C15H20FNO4/c1-4-15(2,3)17-13(18)9-21-14(19)10-20-12-7-5-11(16)6-8-12/h5-8H,4,9-10H2,1-3H3,(H,17,18). The molecule has 5 nitrogen and oxygen atoms in total. The van der Waals surface area contributed by atoms with Crippen LogP contribution in [0.5, 0.6) is 5.75 Å². The molecule has 1 amide bonds. The van der Waals surface area contributed by atoms with E-state index < -0.39 is 5.97 Å². The van der Waals surface area contributed by atoms with Crippen LogP contribution in [0.4, 0.5) is 4.39 Å². The minimum atomic E-state index is -0.663. The molecule has 0 unspecified atom stereocenters. The third-order valence-corrected chi connectivity index (χ3v) is 2.90. The first-order valence-electron chi connectivity index (χ1n) is 6.67. The molecule has 6 heteroatoms. The fraction of sp³-hybridized carbons (Fsp3) is 0.467. The van der Waals surface area contributed by atoms with Gasteiger partial charge in [-0.15, -0.1) is 0 Å². The summed E-state index contributed by atoms with van der Waals surface area (Å²) < 4.78 is 22.6. The third kappa shape index (κ3) is 6.74. The van der Waals surface area contributed by atoms with Crippen LogP contribution in [0.2, 0.25) is 0 Å². The average molecular weight is 297 g/mol. The van der Waals surface area contributed by atoms with Gasteiger partial charge in [-0.2, -0.15) is 0 Å². The highest BCUT2D eigenvalue weighted by Gasteiger charge is 2.18. The van der Waals surface area contributed by atoms with Crippen LogP contribution in [0.3, 0.4) is 0 Å². The molecule has 21 heavy (non-hydrogen) atoms. The van der Waals surface area contributed by atoms with Crippen molar-refractivity contribution >= 4 is 11.9 Å². The summed E-state index contributed by atoms with van der Waals surface area (Å²) in [5.41, 5.74) is -0.339. The van der Waals surface area contributed by atoms with Gasteiger partial charge < -0.3 is 14.8 Å². The van der Waals surface area contributed by atoms with Crippen molar-refractivity contribution in [2.24, 2.45) is 0 Å². The summed E-state index contributed by atoms with van der Waals surface area (Å²) in [6.07, 6.45) is 0.764. The first-order valence-corrected chi connectivity index (χ1v) is 6.67. The number of hydrogen-bond acceptors (Lipinski definition) is 4. The summed E-state index contributed by atoms with van der Waals surface area (Å²) in [6.45, 7) is 5.02. The zero-order valence-electron chi connectivity index (χ0n) is 12.4. The summed E-state index contributed by atoms with van der Waals surface area (Å²) >= 11 is 0. The Labute approximate surface area is 123 Å². The average Bonchev–Trinajstić information content (AvgIpc) is 2.44. The molecule has 0 spiro atoms. The van der Waals surface area contributed by atoms with Gasteiger partial charge in [-0.05, 0) is 44.5 Å². The SMILES string of the molecule is CCC(C)(C)NC(=O)COC(=O)COc1ccc(F)cc1. The van der Waals surface area contributed by atoms with Crippen LogP contribution in [-0.4, -0.2) is 30.6 Å². The highest BCUT2D eigenvalue weighted by Crippen LogP contribution is 2.10. The van der Waals surface area contributed by atoms with E-state index in [1.54, 1.807) is 0 Å². The van der Waals surface area contributed by atoms with Crippen LogP contribution in [0, 0.1) is 5.82 Å². The minimum Gasteiger partial charge on any atom is -0.482 e. The maximum atomic E-state index is 12.7. The Balaban J connectivity index is 2.28. The molecule has 0 aliphatic heterocycles. The van der Waals surface area contributed by atoms with Crippen LogP contribution in [-0.2, 0) is 14.3 Å². The third-order valence-electron chi connectivity index (χ3n) is 2.90. The zero-order chi connectivity index (χ0) is 15.9. The predicted octanol–water partition coefficient (Wildman–Crippen LogP) is 2.05. The molecule has 116 valence electrons. The number of ether oxygens (including phenoxy) is 2. The second kappa shape index (κ2) is 7.61. The number of benzene rings is 1. The van der Waals surface area contributed by atoms with E-state index in [9.17, 15) is 14.0 Å². The van der Waals surface area contributed by atoms with E-state index in [2.05, 4.69) is 5.32 Å². The second-order valence-corrected chi connectivity index (χ2v) is 5.19. The molecular formula is C15H20FNO4. The van der Waals surface area contributed by atoms with Crippen molar-refractivity contribution in [3.63, 3.8) is 0 Å². The molecule has 0 fully saturated rings. The number of halogens is 1. The largest absolute Gasteiger partial charge is 0.482 e. The second-order valence-electron chi connectivity index (χ2n) is 5.19. The zero-order valence-corrected chi connectivity index (χ0v) is 12.4. The predicted molar refractivity (Wildman–Crippen MR) is 75.4 cm³/mol. The number of carbonyl (C=O) groups excluding carboxylic acids is 2. The van der Waals surface area contributed by atoms with Gasteiger partial charge in [0.1, 0.15) is 11.6 Å². The van der Waals surface area contributed by atoms with Crippen LogP contribution >= 0.6 is 0 Å². The summed E-state index contributed by atoms with van der Waals surface area (Å²) in [7, 11) is 0. The minimum absolute atomic E-state index is 0.337. The smallest absolute Gasteiger partial charge is 0.344 e. The van der Waals surface area contributed by atoms with E-state index in [0.29, 0.717) is 5.75 Å². The Morgan fingerprint density at radius 3 is 2.38 bits per heavy atom. The van der Waals surface area contributed by atoms with Crippen LogP contribution in [0.25, 0.3) is 0 Å². The number of esters is 1. The fourth-order valence-electron chi connectivity index (χ4n) is 1.36. The van der Waals surface area contributed by atoms with Gasteiger partial charge >= 0.3 is 5.97 Å². The lowest BCUT2D eigenvalue weighted by atomic mass is 10.0. The number of carbonyl (C=O) groups is 2. The maximum absolute atomic E-state index is 12.7. The molecule has 0 bridgehead atoms. The molecule has 1 rings (SSSR count). The summed E-state index contributed by atoms with van der Waals surface area (Å²) in [4.78, 5) is 23.0. The lowest BCUT2D eigenvalue weighted by Crippen LogP contribution is -2.44. The summed E-state index contributed by atoms with van der Waals surface area (Å²) in [5.74, 6) is -1.06. The Kier molecular flexibility index (Phi) is 6.14. The maximum Gasteiger partial charge on any atom is 0.344 e. The molecule has 1 aromatic carbocycles. The van der Waals surface area contributed by atoms with E-state index in [1.165, 1.54) is 24.3 Å². The molecule has 0 heterocycles. The lowest BCUT2D eigenvalue weighted by molar-refractivity contribution is -0.150. The molecule has 0 radical (unpaired) electrons. The Bertz CT molecular complexity index is 485. The van der Waals surface area contributed by atoms with Gasteiger partial charge in [0.2, 0.25) is 0 Å². The lowest BCUT2D eigenvalue weighted by Gasteiger charge is -2.24. The topological polar surface area (TPSA) is 64.6 Å². The van der Waals surface area contributed by atoms with Crippen molar-refractivity contribution in [1.82, 2.24) is 5.32 Å². The van der Waals surface area contributed by atoms with Gasteiger partial charge in [0, 0.05) is 5.54 Å². The summed E-state index contributed by atoms with van der Waals surface area (Å²) in [6, 6.07) is 5.25. The van der Waals surface area contributed by atoms with Gasteiger partial charge in [0.15, 0.2) is 13.2 Å².